The molecule has 2 N–H and O–H groups in total. The molecule has 1 rings (SSSR count). The van der Waals surface area contributed by atoms with Crippen molar-refractivity contribution < 1.29 is 9.59 Å². The first kappa shape index (κ1) is 15.6. The molecule has 1 heterocycles. The van der Waals surface area contributed by atoms with Crippen LogP contribution in [0.3, 0.4) is 0 Å². The number of nitrogens with one attached hydrogen (secondary N) is 2. The summed E-state index contributed by atoms with van der Waals surface area (Å²) in [6.07, 6.45) is 1.62. The highest BCUT2D eigenvalue weighted by atomic mass is 32.2. The van der Waals surface area contributed by atoms with Crippen molar-refractivity contribution in [2.75, 3.05) is 12.3 Å². The maximum atomic E-state index is 11.5. The van der Waals surface area contributed by atoms with Crippen molar-refractivity contribution in [3.05, 3.63) is 12.7 Å². The van der Waals surface area contributed by atoms with E-state index in [0.717, 1.165) is 0 Å². The van der Waals surface area contributed by atoms with Gasteiger partial charge in [-0.2, -0.15) is 0 Å². The molecular formula is C11H16N4O2S2. The quantitative estimate of drug-likeness (QED) is 0.453. The number of thioether (sulfide) groups is 1. The maximum Gasteiger partial charge on any atom is 0.239 e. The Kier molecular flexibility index (Phi) is 5.97. The molecule has 1 aliphatic rings. The monoisotopic (exact) mass is 300 g/mol. The number of amides is 2. The highest BCUT2D eigenvalue weighted by Crippen LogP contribution is 2.18. The Hall–Kier alpha value is -1.41. The number of nitrogens with zero attached hydrogens (tertiary/aromatic N) is 2. The first-order valence-corrected chi connectivity index (χ1v) is 7.07. The molecule has 0 unspecified atom stereocenters. The van der Waals surface area contributed by atoms with Gasteiger partial charge < -0.3 is 5.32 Å². The number of rotatable bonds is 4. The average molecular weight is 300 g/mol. The van der Waals surface area contributed by atoms with Crippen LogP contribution in [0.25, 0.3) is 0 Å². The summed E-state index contributed by atoms with van der Waals surface area (Å²) in [6.45, 7) is 7.52. The molecule has 0 aliphatic carbocycles. The van der Waals surface area contributed by atoms with E-state index in [2.05, 4.69) is 22.4 Å². The zero-order chi connectivity index (χ0) is 14.4. The summed E-state index contributed by atoms with van der Waals surface area (Å²) in [5.74, 6) is -0.0232. The largest absolute Gasteiger partial charge is 0.302 e. The summed E-state index contributed by atoms with van der Waals surface area (Å²) in [7, 11) is 0. The minimum Gasteiger partial charge on any atom is -0.302 e. The Bertz CT molecular complexity index is 434. The molecule has 0 aromatic carbocycles. The number of hydrazone groups is 1. The Morgan fingerprint density at radius 1 is 1.68 bits per heavy atom. The predicted molar refractivity (Wildman–Crippen MR) is 80.5 cm³/mol. The summed E-state index contributed by atoms with van der Waals surface area (Å²) >= 11 is 6.24. The number of thiocarbonyl (C=S) groups is 1. The van der Waals surface area contributed by atoms with Gasteiger partial charge in [0.05, 0.1) is 5.75 Å². The SMILES string of the molecule is C=CCN1C(=O)CS/C1=N\NC(=S)NC(=O)C(C)C. The van der Waals surface area contributed by atoms with E-state index in [-0.39, 0.29) is 22.8 Å². The fourth-order valence-corrected chi connectivity index (χ4v) is 2.17. The lowest BCUT2D eigenvalue weighted by Crippen LogP contribution is -2.40. The normalized spacial score (nSPS) is 16.9. The minimum absolute atomic E-state index is 0.0254. The molecular weight excluding hydrogens is 284 g/mol. The van der Waals surface area contributed by atoms with Crippen LogP contribution in [-0.4, -0.2) is 39.3 Å². The number of hydrogen-bond donors (Lipinski definition) is 2. The summed E-state index contributed by atoms with van der Waals surface area (Å²) in [5.41, 5.74) is 2.56. The molecule has 0 spiro atoms. The first-order valence-electron chi connectivity index (χ1n) is 5.68. The number of hydrogen-bond acceptors (Lipinski definition) is 5. The standard InChI is InChI=1S/C11H16N4O2S2/c1-4-5-15-8(16)6-19-11(15)14-13-10(18)12-9(17)7(2)3/h4,7H,1,5-6H2,2-3H3,(H2,12,13,17,18)/b14-11-. The van der Waals surface area contributed by atoms with E-state index in [9.17, 15) is 9.59 Å². The van der Waals surface area contributed by atoms with E-state index >= 15 is 0 Å². The summed E-state index contributed by atoms with van der Waals surface area (Å²) in [4.78, 5) is 24.4. The highest BCUT2D eigenvalue weighted by Gasteiger charge is 2.27. The predicted octanol–water partition coefficient (Wildman–Crippen LogP) is 0.665. The third kappa shape index (κ3) is 4.64. The lowest BCUT2D eigenvalue weighted by molar-refractivity contribution is -0.124. The second-order valence-corrected chi connectivity index (χ2v) is 5.41. The molecule has 1 fully saturated rings. The van der Waals surface area contributed by atoms with E-state index in [1.54, 1.807) is 19.9 Å². The van der Waals surface area contributed by atoms with Gasteiger partial charge in [-0.3, -0.25) is 19.9 Å². The molecule has 2 amide bonds. The van der Waals surface area contributed by atoms with Crippen LogP contribution in [0.15, 0.2) is 17.8 Å². The maximum absolute atomic E-state index is 11.5. The molecule has 0 atom stereocenters. The van der Waals surface area contributed by atoms with Gasteiger partial charge in [0, 0.05) is 12.5 Å². The van der Waals surface area contributed by atoms with Gasteiger partial charge in [0.15, 0.2) is 10.3 Å². The summed E-state index contributed by atoms with van der Waals surface area (Å²) in [6, 6.07) is 0. The topological polar surface area (TPSA) is 73.8 Å². The number of carbonyl (C=O) groups is 2. The molecule has 0 aromatic rings. The average Bonchev–Trinajstić information content (AvgIpc) is 2.69. The second-order valence-electron chi connectivity index (χ2n) is 4.06. The lowest BCUT2D eigenvalue weighted by Gasteiger charge is -2.13. The van der Waals surface area contributed by atoms with Gasteiger partial charge in [0.25, 0.3) is 0 Å². The fraction of sp³-hybridized carbons (Fsp3) is 0.455. The minimum atomic E-state index is -0.184. The molecule has 6 nitrogen and oxygen atoms in total. The zero-order valence-electron chi connectivity index (χ0n) is 10.8. The van der Waals surface area contributed by atoms with Gasteiger partial charge in [-0.05, 0) is 12.2 Å². The van der Waals surface area contributed by atoms with Crippen molar-refractivity contribution in [3.63, 3.8) is 0 Å². The highest BCUT2D eigenvalue weighted by molar-refractivity contribution is 8.15. The van der Waals surface area contributed by atoms with Crippen LogP contribution < -0.4 is 10.7 Å². The Labute approximate surface area is 121 Å². The molecule has 1 saturated heterocycles. The van der Waals surface area contributed by atoms with Gasteiger partial charge in [0.2, 0.25) is 11.8 Å². The third-order valence-electron chi connectivity index (χ3n) is 2.18. The van der Waals surface area contributed by atoms with Crippen molar-refractivity contribution in [2.24, 2.45) is 11.0 Å². The number of amidine groups is 1. The molecule has 8 heteroatoms. The van der Waals surface area contributed by atoms with Crippen LogP contribution in [0.4, 0.5) is 0 Å². The van der Waals surface area contributed by atoms with Crippen molar-refractivity contribution >= 4 is 46.1 Å². The van der Waals surface area contributed by atoms with Gasteiger partial charge >= 0.3 is 0 Å². The van der Waals surface area contributed by atoms with Crippen molar-refractivity contribution in [2.45, 2.75) is 13.8 Å². The van der Waals surface area contributed by atoms with Crippen molar-refractivity contribution in [1.29, 1.82) is 0 Å². The Morgan fingerprint density at radius 2 is 2.37 bits per heavy atom. The third-order valence-corrected chi connectivity index (χ3v) is 3.34. The van der Waals surface area contributed by atoms with Gasteiger partial charge in [0.1, 0.15) is 0 Å². The fourth-order valence-electron chi connectivity index (χ4n) is 1.17. The zero-order valence-corrected chi connectivity index (χ0v) is 12.4. The molecule has 104 valence electrons. The Balaban J connectivity index is 2.56. The van der Waals surface area contributed by atoms with Crippen LogP contribution in [-0.2, 0) is 9.59 Å². The van der Waals surface area contributed by atoms with Crippen LogP contribution >= 0.6 is 24.0 Å². The van der Waals surface area contributed by atoms with Gasteiger partial charge in [-0.15, -0.1) is 11.7 Å². The molecule has 1 aliphatic heterocycles. The van der Waals surface area contributed by atoms with E-state index in [4.69, 9.17) is 12.2 Å². The first-order chi connectivity index (χ1) is 8.95. The second kappa shape index (κ2) is 7.25. The van der Waals surface area contributed by atoms with Crippen molar-refractivity contribution in [1.82, 2.24) is 15.6 Å². The Morgan fingerprint density at radius 3 is 2.95 bits per heavy atom. The molecule has 0 saturated carbocycles. The molecule has 0 bridgehead atoms. The van der Waals surface area contributed by atoms with E-state index in [0.29, 0.717) is 17.5 Å². The van der Waals surface area contributed by atoms with Crippen LogP contribution in [0.1, 0.15) is 13.8 Å². The van der Waals surface area contributed by atoms with Gasteiger partial charge in [-0.1, -0.05) is 31.7 Å². The number of carbonyl (C=O) groups excluding carboxylic acids is 2. The summed E-state index contributed by atoms with van der Waals surface area (Å²) in [5, 5.41) is 7.15. The molecule has 19 heavy (non-hydrogen) atoms. The smallest absolute Gasteiger partial charge is 0.239 e. The summed E-state index contributed by atoms with van der Waals surface area (Å²) < 4.78 is 0. The molecule has 0 aromatic heterocycles. The van der Waals surface area contributed by atoms with Crippen molar-refractivity contribution in [3.8, 4) is 0 Å². The van der Waals surface area contributed by atoms with Gasteiger partial charge in [-0.25, -0.2) is 0 Å². The van der Waals surface area contributed by atoms with Crippen LogP contribution in [0.2, 0.25) is 0 Å². The molecule has 0 radical (unpaired) electrons. The lowest BCUT2D eigenvalue weighted by atomic mass is 10.2. The van der Waals surface area contributed by atoms with E-state index in [1.165, 1.54) is 16.7 Å². The van der Waals surface area contributed by atoms with Crippen LogP contribution in [0, 0.1) is 5.92 Å². The van der Waals surface area contributed by atoms with E-state index < -0.39 is 0 Å². The van der Waals surface area contributed by atoms with Crippen LogP contribution in [0.5, 0.6) is 0 Å². The van der Waals surface area contributed by atoms with E-state index in [1.807, 2.05) is 0 Å².